The summed E-state index contributed by atoms with van der Waals surface area (Å²) in [4.78, 5) is 15.0. The summed E-state index contributed by atoms with van der Waals surface area (Å²) in [5.74, 6) is 0. The van der Waals surface area contributed by atoms with Crippen molar-refractivity contribution in [1.29, 1.82) is 0 Å². The van der Waals surface area contributed by atoms with Crippen LogP contribution >= 0.6 is 0 Å². The van der Waals surface area contributed by atoms with Gasteiger partial charge >= 0.3 is 0 Å². The summed E-state index contributed by atoms with van der Waals surface area (Å²) >= 11 is 0. The minimum absolute atomic E-state index is 0.274. The van der Waals surface area contributed by atoms with E-state index >= 15 is 0 Å². The van der Waals surface area contributed by atoms with E-state index in [0.29, 0.717) is 19.3 Å². The monoisotopic (exact) mass is 281 g/mol. The van der Waals surface area contributed by atoms with Crippen molar-refractivity contribution in [2.24, 2.45) is 0 Å². The number of pyridine rings is 1. The Kier molecular flexibility index (Phi) is 3.91. The molecule has 5 heteroatoms. The third kappa shape index (κ3) is 3.08. The number of aromatic amines is 1. The lowest BCUT2D eigenvalue weighted by Gasteiger charge is -2.13. The number of carbonyl (C=O) groups excluding carboxylic acids is 1. The first kappa shape index (κ1) is 13.3. The summed E-state index contributed by atoms with van der Waals surface area (Å²) in [6.07, 6.45) is 2.58. The molecule has 0 spiro atoms. The van der Waals surface area contributed by atoms with E-state index < -0.39 is 0 Å². The molecule has 5 nitrogen and oxygen atoms in total. The highest BCUT2D eigenvalue weighted by molar-refractivity contribution is 5.81. The average molecular weight is 281 g/mol. The van der Waals surface area contributed by atoms with E-state index in [1.807, 2.05) is 42.5 Å². The van der Waals surface area contributed by atoms with E-state index in [9.17, 15) is 4.79 Å². The molecule has 106 valence electrons. The number of H-pyrrole nitrogens is 1. The number of rotatable bonds is 6. The summed E-state index contributed by atoms with van der Waals surface area (Å²) in [6.45, 7) is 0.489. The van der Waals surface area contributed by atoms with Crippen LogP contribution < -0.4 is 0 Å². The van der Waals surface area contributed by atoms with Crippen molar-refractivity contribution >= 4 is 17.4 Å². The second-order valence-electron chi connectivity index (χ2n) is 4.80. The number of ether oxygens (including phenoxy) is 1. The van der Waals surface area contributed by atoms with E-state index in [1.54, 1.807) is 6.20 Å². The van der Waals surface area contributed by atoms with Crippen LogP contribution in [0.2, 0.25) is 0 Å². The Bertz CT molecular complexity index is 724. The first-order valence-corrected chi connectivity index (χ1v) is 6.78. The Morgan fingerprint density at radius 3 is 2.81 bits per heavy atom. The number of fused-ring (bicyclic) bond motifs is 1. The van der Waals surface area contributed by atoms with Crippen LogP contribution in [0, 0.1) is 0 Å². The molecule has 0 aliphatic heterocycles. The smallest absolute Gasteiger partial charge is 0.293 e. The van der Waals surface area contributed by atoms with Gasteiger partial charge in [-0.1, -0.05) is 24.3 Å². The third-order valence-electron chi connectivity index (χ3n) is 3.38. The van der Waals surface area contributed by atoms with Gasteiger partial charge in [-0.25, -0.2) is 0 Å². The van der Waals surface area contributed by atoms with Gasteiger partial charge in [-0.3, -0.25) is 14.9 Å². The Morgan fingerprint density at radius 2 is 2.00 bits per heavy atom. The van der Waals surface area contributed by atoms with Crippen molar-refractivity contribution in [3.8, 4) is 0 Å². The molecule has 0 radical (unpaired) electrons. The van der Waals surface area contributed by atoms with Crippen LogP contribution in [0.5, 0.6) is 0 Å². The predicted octanol–water partition coefficient (Wildman–Crippen LogP) is 2.28. The van der Waals surface area contributed by atoms with Gasteiger partial charge in [0, 0.05) is 30.1 Å². The zero-order valence-electron chi connectivity index (χ0n) is 11.4. The van der Waals surface area contributed by atoms with Crippen LogP contribution in [0.25, 0.3) is 10.9 Å². The maximum Gasteiger partial charge on any atom is 0.293 e. The van der Waals surface area contributed by atoms with Crippen LogP contribution in [0.1, 0.15) is 11.4 Å². The summed E-state index contributed by atoms with van der Waals surface area (Å²) in [5, 5.41) is 8.36. The first-order chi connectivity index (χ1) is 10.4. The van der Waals surface area contributed by atoms with Crippen molar-refractivity contribution in [2.45, 2.75) is 18.9 Å². The molecular weight excluding hydrogens is 266 g/mol. The Labute approximate surface area is 122 Å². The quantitative estimate of drug-likeness (QED) is 0.704. The lowest BCUT2D eigenvalue weighted by atomic mass is 10.1. The molecule has 0 saturated carbocycles. The molecule has 2 heterocycles. The third-order valence-corrected chi connectivity index (χ3v) is 3.38. The predicted molar refractivity (Wildman–Crippen MR) is 78.7 cm³/mol. The lowest BCUT2D eigenvalue weighted by Crippen LogP contribution is -2.19. The van der Waals surface area contributed by atoms with Crippen molar-refractivity contribution < 1.29 is 9.53 Å². The fourth-order valence-electron chi connectivity index (χ4n) is 2.39. The molecule has 1 N–H and O–H groups in total. The topological polar surface area (TPSA) is 67.9 Å². The highest BCUT2D eigenvalue weighted by atomic mass is 16.5. The van der Waals surface area contributed by atoms with E-state index in [0.717, 1.165) is 22.3 Å². The van der Waals surface area contributed by atoms with Gasteiger partial charge in [0.2, 0.25) is 0 Å². The first-order valence-electron chi connectivity index (χ1n) is 6.78. The van der Waals surface area contributed by atoms with Crippen molar-refractivity contribution in [3.05, 3.63) is 60.0 Å². The summed E-state index contributed by atoms with van der Waals surface area (Å²) < 4.78 is 5.19. The van der Waals surface area contributed by atoms with Gasteiger partial charge in [0.1, 0.15) is 6.10 Å². The second-order valence-corrected chi connectivity index (χ2v) is 4.80. The van der Waals surface area contributed by atoms with Gasteiger partial charge in [-0.05, 0) is 18.2 Å². The molecule has 0 fully saturated rings. The van der Waals surface area contributed by atoms with Gasteiger partial charge in [-0.2, -0.15) is 5.10 Å². The number of carbonyl (C=O) groups is 1. The van der Waals surface area contributed by atoms with E-state index in [1.165, 1.54) is 0 Å². The van der Waals surface area contributed by atoms with Gasteiger partial charge in [0.15, 0.2) is 0 Å². The summed E-state index contributed by atoms with van der Waals surface area (Å²) in [6, 6.07) is 13.6. The highest BCUT2D eigenvalue weighted by Crippen LogP contribution is 2.18. The normalized spacial score (nSPS) is 12.2. The van der Waals surface area contributed by atoms with Crippen LogP contribution in [0.15, 0.2) is 48.7 Å². The number of hydrogen-bond acceptors (Lipinski definition) is 4. The van der Waals surface area contributed by atoms with Gasteiger partial charge in [0.25, 0.3) is 6.47 Å². The number of para-hydroxylation sites is 1. The second kappa shape index (κ2) is 6.17. The van der Waals surface area contributed by atoms with Gasteiger partial charge in [-0.15, -0.1) is 0 Å². The molecule has 2 aromatic heterocycles. The Morgan fingerprint density at radius 1 is 1.14 bits per heavy atom. The van der Waals surface area contributed by atoms with Crippen molar-refractivity contribution in [1.82, 2.24) is 15.2 Å². The molecule has 0 bridgehead atoms. The number of benzene rings is 1. The van der Waals surface area contributed by atoms with Crippen LogP contribution in [0.4, 0.5) is 0 Å². The standard InChI is InChI=1S/C16H15N3O2/c20-11-21-13(9-12-5-3-4-8-17-12)10-16-14-6-1-2-7-15(14)18-19-16/h1-8,11,13H,9-10H2,(H,18,19). The minimum Gasteiger partial charge on any atom is -0.464 e. The fourth-order valence-corrected chi connectivity index (χ4v) is 2.39. The van der Waals surface area contributed by atoms with E-state index in [2.05, 4.69) is 15.2 Å². The highest BCUT2D eigenvalue weighted by Gasteiger charge is 2.16. The Hall–Kier alpha value is -2.69. The maximum atomic E-state index is 10.7. The largest absolute Gasteiger partial charge is 0.464 e. The molecule has 21 heavy (non-hydrogen) atoms. The number of hydrogen-bond donors (Lipinski definition) is 1. The molecule has 0 saturated heterocycles. The zero-order valence-corrected chi connectivity index (χ0v) is 11.4. The Balaban J connectivity index is 1.80. The van der Waals surface area contributed by atoms with Crippen LogP contribution in [-0.4, -0.2) is 27.8 Å². The SMILES string of the molecule is O=COC(Cc1ccccn1)Cc1n[nH]c2ccccc12. The van der Waals surface area contributed by atoms with Gasteiger partial charge < -0.3 is 4.74 Å². The molecule has 0 amide bonds. The van der Waals surface area contributed by atoms with Crippen LogP contribution in [0.3, 0.4) is 0 Å². The molecule has 1 aromatic carbocycles. The summed E-state index contributed by atoms with van der Waals surface area (Å²) in [7, 11) is 0. The van der Waals surface area contributed by atoms with Crippen LogP contribution in [-0.2, 0) is 22.4 Å². The fraction of sp³-hybridized carbons (Fsp3) is 0.188. The summed E-state index contributed by atoms with van der Waals surface area (Å²) in [5.41, 5.74) is 2.77. The maximum absolute atomic E-state index is 10.7. The zero-order chi connectivity index (χ0) is 14.5. The van der Waals surface area contributed by atoms with E-state index in [4.69, 9.17) is 4.74 Å². The molecular formula is C16H15N3O2. The molecule has 0 aliphatic rings. The van der Waals surface area contributed by atoms with Crippen molar-refractivity contribution in [2.75, 3.05) is 0 Å². The van der Waals surface area contributed by atoms with E-state index in [-0.39, 0.29) is 6.10 Å². The average Bonchev–Trinajstić information content (AvgIpc) is 2.92. The van der Waals surface area contributed by atoms with Gasteiger partial charge in [0.05, 0.1) is 11.2 Å². The molecule has 3 aromatic rings. The molecule has 1 unspecified atom stereocenters. The number of nitrogens with one attached hydrogen (secondary N) is 1. The lowest BCUT2D eigenvalue weighted by molar-refractivity contribution is -0.133. The van der Waals surface area contributed by atoms with Crippen molar-refractivity contribution in [3.63, 3.8) is 0 Å². The number of nitrogens with zero attached hydrogens (tertiary/aromatic N) is 2. The molecule has 0 aliphatic carbocycles. The number of aromatic nitrogens is 3. The molecule has 3 rings (SSSR count). The molecule has 1 atom stereocenters. The minimum atomic E-state index is -0.274.